The number of aryl methyl sites for hydroxylation is 2. The van der Waals surface area contributed by atoms with Crippen LogP contribution in [0.5, 0.6) is 0 Å². The van der Waals surface area contributed by atoms with Gasteiger partial charge in [-0.2, -0.15) is 0 Å². The molecule has 1 atom stereocenters. The topological polar surface area (TPSA) is 50.9 Å². The quantitative estimate of drug-likeness (QED) is 0.883. The van der Waals surface area contributed by atoms with E-state index in [4.69, 9.17) is 5.73 Å². The first kappa shape index (κ1) is 13.6. The molecule has 0 aliphatic carbocycles. The van der Waals surface area contributed by atoms with Gasteiger partial charge < -0.3 is 11.1 Å². The van der Waals surface area contributed by atoms with Crippen LogP contribution in [-0.4, -0.2) is 11.5 Å². The molecule has 1 unspecified atom stereocenters. The molecule has 3 heteroatoms. The van der Waals surface area contributed by atoms with Crippen LogP contribution in [0.15, 0.2) is 36.5 Å². The normalized spacial score (nSPS) is 12.4. The summed E-state index contributed by atoms with van der Waals surface area (Å²) in [6, 6.07) is 10.7. The third kappa shape index (κ3) is 3.12. The molecule has 0 saturated heterocycles. The molecule has 1 aromatic heterocycles. The van der Waals surface area contributed by atoms with Crippen LogP contribution in [0.4, 0.5) is 5.82 Å². The highest BCUT2D eigenvalue weighted by Crippen LogP contribution is 2.26. The highest BCUT2D eigenvalue weighted by Gasteiger charge is 2.16. The van der Waals surface area contributed by atoms with Gasteiger partial charge in [-0.25, -0.2) is 4.98 Å². The van der Waals surface area contributed by atoms with E-state index in [9.17, 15) is 0 Å². The highest BCUT2D eigenvalue weighted by molar-refractivity contribution is 5.47. The Bertz CT molecular complexity index is 564. The van der Waals surface area contributed by atoms with Gasteiger partial charge in [0.2, 0.25) is 0 Å². The van der Waals surface area contributed by atoms with Crippen molar-refractivity contribution in [3.63, 3.8) is 0 Å². The monoisotopic (exact) mass is 255 g/mol. The van der Waals surface area contributed by atoms with Gasteiger partial charge >= 0.3 is 0 Å². The lowest BCUT2D eigenvalue weighted by Gasteiger charge is -2.21. The molecule has 0 bridgehead atoms. The molecule has 0 saturated carbocycles. The zero-order valence-electron chi connectivity index (χ0n) is 11.8. The lowest BCUT2D eigenvalue weighted by molar-refractivity contribution is 0.630. The second-order valence-corrected chi connectivity index (χ2v) is 4.89. The Morgan fingerprint density at radius 2 is 2.00 bits per heavy atom. The maximum Gasteiger partial charge on any atom is 0.128 e. The molecule has 19 heavy (non-hydrogen) atoms. The van der Waals surface area contributed by atoms with E-state index in [1.165, 1.54) is 11.1 Å². The number of nitrogen functional groups attached to an aromatic ring is 1. The average molecular weight is 255 g/mol. The summed E-state index contributed by atoms with van der Waals surface area (Å²) in [5.74, 6) is 0.595. The molecule has 0 aliphatic rings. The molecular formula is C16H21N3. The minimum atomic E-state index is 0.0947. The van der Waals surface area contributed by atoms with Gasteiger partial charge in [0.1, 0.15) is 5.82 Å². The van der Waals surface area contributed by atoms with Gasteiger partial charge in [0.05, 0.1) is 6.04 Å². The van der Waals surface area contributed by atoms with Gasteiger partial charge in [-0.15, -0.1) is 0 Å². The summed E-state index contributed by atoms with van der Waals surface area (Å²) in [5, 5.41) is 3.49. The zero-order valence-corrected chi connectivity index (χ0v) is 11.8. The maximum absolute atomic E-state index is 6.04. The van der Waals surface area contributed by atoms with Gasteiger partial charge in [0, 0.05) is 11.8 Å². The number of hydrogen-bond acceptors (Lipinski definition) is 3. The lowest BCUT2D eigenvalue weighted by atomic mass is 9.97. The smallest absolute Gasteiger partial charge is 0.128 e. The van der Waals surface area contributed by atoms with Crippen LogP contribution in [0, 0.1) is 13.8 Å². The lowest BCUT2D eigenvalue weighted by Crippen LogP contribution is -2.23. The molecule has 2 rings (SSSR count). The Balaban J connectivity index is 2.48. The fourth-order valence-electron chi connectivity index (χ4n) is 2.29. The number of benzene rings is 1. The molecule has 0 spiro atoms. The first-order chi connectivity index (χ1) is 9.11. The first-order valence-electron chi connectivity index (χ1n) is 6.63. The minimum absolute atomic E-state index is 0.0947. The summed E-state index contributed by atoms with van der Waals surface area (Å²) in [5.41, 5.74) is 10.7. The van der Waals surface area contributed by atoms with Crippen molar-refractivity contribution < 1.29 is 0 Å². The summed E-state index contributed by atoms with van der Waals surface area (Å²) in [7, 11) is 0. The van der Waals surface area contributed by atoms with E-state index < -0.39 is 0 Å². The molecular weight excluding hydrogens is 234 g/mol. The number of nitrogens with zero attached hydrogens (tertiary/aromatic N) is 1. The third-order valence-corrected chi connectivity index (χ3v) is 3.18. The fraction of sp³-hybridized carbons (Fsp3) is 0.312. The van der Waals surface area contributed by atoms with Crippen LogP contribution >= 0.6 is 0 Å². The van der Waals surface area contributed by atoms with E-state index >= 15 is 0 Å². The van der Waals surface area contributed by atoms with Crippen molar-refractivity contribution in [1.82, 2.24) is 10.3 Å². The molecule has 1 aromatic carbocycles. The molecule has 0 fully saturated rings. The number of nitrogens with one attached hydrogen (secondary N) is 1. The number of anilines is 1. The molecule has 0 radical (unpaired) electrons. The number of hydrogen-bond donors (Lipinski definition) is 2. The van der Waals surface area contributed by atoms with Crippen molar-refractivity contribution in [3.05, 3.63) is 58.8 Å². The second-order valence-electron chi connectivity index (χ2n) is 4.89. The van der Waals surface area contributed by atoms with E-state index in [1.807, 2.05) is 6.92 Å². The van der Waals surface area contributed by atoms with Gasteiger partial charge in [0.15, 0.2) is 0 Å². The van der Waals surface area contributed by atoms with Gasteiger partial charge in [-0.3, -0.25) is 0 Å². The minimum Gasteiger partial charge on any atom is -0.383 e. The predicted octanol–water partition coefficient (Wildman–Crippen LogP) is 2.98. The third-order valence-electron chi connectivity index (χ3n) is 3.18. The van der Waals surface area contributed by atoms with E-state index in [1.54, 1.807) is 6.20 Å². The van der Waals surface area contributed by atoms with Crippen molar-refractivity contribution in [2.45, 2.75) is 26.8 Å². The molecule has 1 heterocycles. The molecule has 2 aromatic rings. The van der Waals surface area contributed by atoms with Crippen LogP contribution in [0.2, 0.25) is 0 Å². The number of pyridine rings is 1. The standard InChI is InChI=1S/C16H21N3/c1-4-18-15(13-7-5-6-11(2)8-13)14-9-12(3)10-19-16(14)17/h5-10,15,18H,4H2,1-3H3,(H2,17,19). The summed E-state index contributed by atoms with van der Waals surface area (Å²) < 4.78 is 0. The summed E-state index contributed by atoms with van der Waals surface area (Å²) in [4.78, 5) is 4.27. The zero-order chi connectivity index (χ0) is 13.8. The van der Waals surface area contributed by atoms with Crippen molar-refractivity contribution >= 4 is 5.82 Å². The largest absolute Gasteiger partial charge is 0.383 e. The summed E-state index contributed by atoms with van der Waals surface area (Å²) in [6.45, 7) is 7.12. The number of rotatable bonds is 4. The van der Waals surface area contributed by atoms with Crippen LogP contribution in [0.1, 0.15) is 35.2 Å². The van der Waals surface area contributed by atoms with Crippen LogP contribution in [-0.2, 0) is 0 Å². The van der Waals surface area contributed by atoms with Gasteiger partial charge in [0.25, 0.3) is 0 Å². The molecule has 100 valence electrons. The Labute approximate surface area is 114 Å². The van der Waals surface area contributed by atoms with Crippen molar-refractivity contribution in [2.24, 2.45) is 0 Å². The average Bonchev–Trinajstić information content (AvgIpc) is 2.39. The van der Waals surface area contributed by atoms with Crippen LogP contribution < -0.4 is 11.1 Å². The van der Waals surface area contributed by atoms with E-state index in [0.717, 1.165) is 17.7 Å². The van der Waals surface area contributed by atoms with Gasteiger partial charge in [-0.05, 0) is 37.6 Å². The maximum atomic E-state index is 6.04. The van der Waals surface area contributed by atoms with E-state index in [-0.39, 0.29) is 6.04 Å². The summed E-state index contributed by atoms with van der Waals surface area (Å²) in [6.07, 6.45) is 1.80. The van der Waals surface area contributed by atoms with Crippen LogP contribution in [0.25, 0.3) is 0 Å². The molecule has 0 aliphatic heterocycles. The molecule has 3 N–H and O–H groups in total. The van der Waals surface area contributed by atoms with Crippen molar-refractivity contribution in [2.75, 3.05) is 12.3 Å². The second kappa shape index (κ2) is 5.85. The Morgan fingerprint density at radius 3 is 2.68 bits per heavy atom. The Hall–Kier alpha value is -1.87. The van der Waals surface area contributed by atoms with Crippen molar-refractivity contribution in [1.29, 1.82) is 0 Å². The number of nitrogens with two attached hydrogens (primary N) is 1. The SMILES string of the molecule is CCNC(c1cccc(C)c1)c1cc(C)cnc1N. The number of aromatic nitrogens is 1. The van der Waals surface area contributed by atoms with Gasteiger partial charge in [-0.1, -0.05) is 36.8 Å². The highest BCUT2D eigenvalue weighted by atomic mass is 14.9. The van der Waals surface area contributed by atoms with Crippen LogP contribution in [0.3, 0.4) is 0 Å². The Kier molecular flexibility index (Phi) is 4.17. The Morgan fingerprint density at radius 1 is 1.21 bits per heavy atom. The van der Waals surface area contributed by atoms with E-state index in [2.05, 4.69) is 54.5 Å². The van der Waals surface area contributed by atoms with E-state index in [0.29, 0.717) is 5.82 Å². The first-order valence-corrected chi connectivity index (χ1v) is 6.63. The molecule has 0 amide bonds. The fourth-order valence-corrected chi connectivity index (χ4v) is 2.29. The predicted molar refractivity (Wildman–Crippen MR) is 80.1 cm³/mol. The van der Waals surface area contributed by atoms with Crippen molar-refractivity contribution in [3.8, 4) is 0 Å². The molecule has 3 nitrogen and oxygen atoms in total. The summed E-state index contributed by atoms with van der Waals surface area (Å²) >= 11 is 0.